The minimum atomic E-state index is -0.419. The molecule has 6 heteroatoms. The van der Waals surface area contributed by atoms with Crippen LogP contribution >= 0.6 is 0 Å². The summed E-state index contributed by atoms with van der Waals surface area (Å²) < 4.78 is 0. The molecule has 20 heavy (non-hydrogen) atoms. The third kappa shape index (κ3) is 2.59. The van der Waals surface area contributed by atoms with Crippen LogP contribution in [0.1, 0.15) is 43.0 Å². The predicted molar refractivity (Wildman–Crippen MR) is 77.0 cm³/mol. The summed E-state index contributed by atoms with van der Waals surface area (Å²) in [6, 6.07) is 4.42. The lowest BCUT2D eigenvalue weighted by Gasteiger charge is -2.42. The third-order valence-corrected chi connectivity index (χ3v) is 4.07. The summed E-state index contributed by atoms with van der Waals surface area (Å²) in [6.45, 7) is 2.07. The number of rotatable bonds is 5. The average Bonchev–Trinajstić information content (AvgIpc) is 2.41. The molecule has 0 atom stereocenters. The summed E-state index contributed by atoms with van der Waals surface area (Å²) in [7, 11) is 1.54. The van der Waals surface area contributed by atoms with Gasteiger partial charge in [0.1, 0.15) is 5.69 Å². The van der Waals surface area contributed by atoms with Crippen LogP contribution in [0.4, 0.5) is 11.4 Å². The van der Waals surface area contributed by atoms with Crippen LogP contribution in [0.25, 0.3) is 0 Å². The maximum atomic E-state index is 11.7. The van der Waals surface area contributed by atoms with Crippen molar-refractivity contribution in [3.8, 4) is 0 Å². The van der Waals surface area contributed by atoms with Crippen LogP contribution < -0.4 is 10.6 Å². The number of amides is 1. The Labute approximate surface area is 117 Å². The summed E-state index contributed by atoms with van der Waals surface area (Å²) in [5.74, 6) is -0.248. The van der Waals surface area contributed by atoms with E-state index in [1.807, 2.05) is 0 Å². The van der Waals surface area contributed by atoms with E-state index in [0.29, 0.717) is 11.3 Å². The molecule has 0 saturated heterocycles. The zero-order valence-corrected chi connectivity index (χ0v) is 11.7. The number of hydrogen-bond donors (Lipinski definition) is 2. The Morgan fingerprint density at radius 1 is 1.45 bits per heavy atom. The van der Waals surface area contributed by atoms with E-state index in [2.05, 4.69) is 17.6 Å². The van der Waals surface area contributed by atoms with E-state index in [-0.39, 0.29) is 17.1 Å². The van der Waals surface area contributed by atoms with E-state index in [1.165, 1.54) is 19.2 Å². The molecule has 2 N–H and O–H groups in total. The monoisotopic (exact) mass is 277 g/mol. The Hall–Kier alpha value is -2.11. The normalized spacial score (nSPS) is 16.1. The molecule has 1 amide bonds. The molecule has 1 aliphatic carbocycles. The molecule has 0 aromatic heterocycles. The highest BCUT2D eigenvalue weighted by atomic mass is 16.6. The zero-order valence-electron chi connectivity index (χ0n) is 11.7. The van der Waals surface area contributed by atoms with E-state index in [1.54, 1.807) is 6.07 Å². The molecular formula is C14H19N3O3. The van der Waals surface area contributed by atoms with Crippen LogP contribution in [-0.2, 0) is 0 Å². The van der Waals surface area contributed by atoms with Gasteiger partial charge in [0.25, 0.3) is 11.6 Å². The number of nitrogens with zero attached hydrogens (tertiary/aromatic N) is 1. The first-order valence-corrected chi connectivity index (χ1v) is 6.80. The molecule has 1 aromatic carbocycles. The molecule has 2 rings (SSSR count). The lowest BCUT2D eigenvalue weighted by atomic mass is 9.74. The van der Waals surface area contributed by atoms with Gasteiger partial charge >= 0.3 is 0 Å². The second kappa shape index (κ2) is 5.48. The molecule has 0 unspecified atom stereocenters. The van der Waals surface area contributed by atoms with Gasteiger partial charge < -0.3 is 10.6 Å². The van der Waals surface area contributed by atoms with Crippen LogP contribution in [0, 0.1) is 10.1 Å². The lowest BCUT2D eigenvalue weighted by molar-refractivity contribution is -0.384. The van der Waals surface area contributed by atoms with Crippen LogP contribution in [-0.4, -0.2) is 23.4 Å². The van der Waals surface area contributed by atoms with Gasteiger partial charge in [-0.2, -0.15) is 0 Å². The molecule has 0 heterocycles. The van der Waals surface area contributed by atoms with Crippen molar-refractivity contribution >= 4 is 17.3 Å². The molecule has 6 nitrogen and oxygen atoms in total. The van der Waals surface area contributed by atoms with E-state index < -0.39 is 4.92 Å². The molecule has 1 aromatic rings. The Bertz CT molecular complexity index is 533. The second-order valence-electron chi connectivity index (χ2n) is 5.18. The number of nitrogens with one attached hydrogen (secondary N) is 2. The van der Waals surface area contributed by atoms with Gasteiger partial charge in [-0.3, -0.25) is 14.9 Å². The lowest BCUT2D eigenvalue weighted by Crippen LogP contribution is -2.44. The molecule has 1 saturated carbocycles. The van der Waals surface area contributed by atoms with E-state index in [0.717, 1.165) is 25.7 Å². The molecule has 0 spiro atoms. The molecule has 0 aliphatic heterocycles. The topological polar surface area (TPSA) is 84.3 Å². The Morgan fingerprint density at radius 3 is 2.60 bits per heavy atom. The number of benzene rings is 1. The number of nitro benzene ring substituents is 1. The molecule has 1 aliphatic rings. The van der Waals surface area contributed by atoms with Crippen LogP contribution in [0.5, 0.6) is 0 Å². The van der Waals surface area contributed by atoms with Crippen molar-refractivity contribution < 1.29 is 9.72 Å². The highest BCUT2D eigenvalue weighted by molar-refractivity contribution is 5.95. The zero-order chi connectivity index (χ0) is 14.8. The summed E-state index contributed by atoms with van der Waals surface area (Å²) in [5, 5.41) is 16.9. The molecule has 1 fully saturated rings. The number of carbonyl (C=O) groups is 1. The number of carbonyl (C=O) groups excluding carboxylic acids is 1. The fraction of sp³-hybridized carbons (Fsp3) is 0.500. The standard InChI is InChI=1S/C14H19N3O3/c1-3-14(7-4-8-14)16-11-9-10(13(18)15-2)5-6-12(11)17(19)20/h5-6,9,16H,3-4,7-8H2,1-2H3,(H,15,18). The maximum absolute atomic E-state index is 11.7. The Kier molecular flexibility index (Phi) is 3.92. The summed E-state index contributed by atoms with van der Waals surface area (Å²) in [6.07, 6.45) is 4.05. The van der Waals surface area contributed by atoms with Crippen molar-refractivity contribution in [2.45, 2.75) is 38.1 Å². The van der Waals surface area contributed by atoms with Gasteiger partial charge in [-0.15, -0.1) is 0 Å². The first kappa shape index (κ1) is 14.3. The summed E-state index contributed by atoms with van der Waals surface area (Å²) in [4.78, 5) is 22.4. The largest absolute Gasteiger partial charge is 0.374 e. The van der Waals surface area contributed by atoms with Gasteiger partial charge in [0.15, 0.2) is 0 Å². The van der Waals surface area contributed by atoms with Crippen molar-refractivity contribution in [1.82, 2.24) is 5.32 Å². The molecule has 0 radical (unpaired) electrons. The summed E-state index contributed by atoms with van der Waals surface area (Å²) >= 11 is 0. The molecule has 108 valence electrons. The van der Waals surface area contributed by atoms with Crippen molar-refractivity contribution in [2.24, 2.45) is 0 Å². The van der Waals surface area contributed by atoms with Crippen LogP contribution in [0.3, 0.4) is 0 Å². The quantitative estimate of drug-likeness (QED) is 0.640. The minimum Gasteiger partial charge on any atom is -0.374 e. The van der Waals surface area contributed by atoms with Crippen molar-refractivity contribution in [3.63, 3.8) is 0 Å². The van der Waals surface area contributed by atoms with Gasteiger partial charge in [-0.1, -0.05) is 6.92 Å². The first-order valence-electron chi connectivity index (χ1n) is 6.80. The Morgan fingerprint density at radius 2 is 2.15 bits per heavy atom. The van der Waals surface area contributed by atoms with Gasteiger partial charge in [0.2, 0.25) is 0 Å². The van der Waals surface area contributed by atoms with Crippen molar-refractivity contribution in [3.05, 3.63) is 33.9 Å². The van der Waals surface area contributed by atoms with E-state index >= 15 is 0 Å². The Balaban J connectivity index is 2.36. The second-order valence-corrected chi connectivity index (χ2v) is 5.18. The number of anilines is 1. The molecular weight excluding hydrogens is 258 g/mol. The number of nitro groups is 1. The summed E-state index contributed by atoms with van der Waals surface area (Å²) in [5.41, 5.74) is 0.799. The average molecular weight is 277 g/mol. The van der Waals surface area contributed by atoms with Crippen molar-refractivity contribution in [2.75, 3.05) is 12.4 Å². The van der Waals surface area contributed by atoms with Gasteiger partial charge in [0, 0.05) is 24.2 Å². The highest BCUT2D eigenvalue weighted by Gasteiger charge is 2.36. The SMILES string of the molecule is CCC1(Nc2cc(C(=O)NC)ccc2[N+](=O)[O-])CCC1. The fourth-order valence-corrected chi connectivity index (χ4v) is 2.54. The molecule has 0 bridgehead atoms. The van der Waals surface area contributed by atoms with Gasteiger partial charge in [-0.05, 0) is 37.8 Å². The van der Waals surface area contributed by atoms with E-state index in [9.17, 15) is 14.9 Å². The van der Waals surface area contributed by atoms with Crippen LogP contribution in [0.15, 0.2) is 18.2 Å². The maximum Gasteiger partial charge on any atom is 0.292 e. The van der Waals surface area contributed by atoms with Gasteiger partial charge in [0.05, 0.1) is 4.92 Å². The van der Waals surface area contributed by atoms with Crippen LogP contribution in [0.2, 0.25) is 0 Å². The minimum absolute atomic E-state index is 0.0115. The third-order valence-electron chi connectivity index (χ3n) is 4.07. The van der Waals surface area contributed by atoms with Crippen molar-refractivity contribution in [1.29, 1.82) is 0 Å². The highest BCUT2D eigenvalue weighted by Crippen LogP contribution is 2.40. The van der Waals surface area contributed by atoms with Gasteiger partial charge in [-0.25, -0.2) is 0 Å². The number of hydrogen-bond acceptors (Lipinski definition) is 4. The predicted octanol–water partition coefficient (Wildman–Crippen LogP) is 2.70. The smallest absolute Gasteiger partial charge is 0.292 e. The fourth-order valence-electron chi connectivity index (χ4n) is 2.54. The van der Waals surface area contributed by atoms with E-state index in [4.69, 9.17) is 0 Å². The first-order chi connectivity index (χ1) is 9.51.